The first-order valence-corrected chi connectivity index (χ1v) is 13.3. The number of rotatable bonds is 4. The predicted octanol–water partition coefficient (Wildman–Crippen LogP) is 2.74. The standard InChI is InChI=1S/C29H36N8/c1-20-14-35(26-8-6-22(13-30)28-25(26)5-4-10-32-28)17-24-16-34(11-12-37(20)24)15-23-7-9-27(33-21(23)2)36-18-29(3,31)19-36/h4-10,20,24H,11-12,14-19,31H2,1-3H3/t20-,24+/m1/s1. The quantitative estimate of drug-likeness (QED) is 0.590. The minimum atomic E-state index is -0.0977. The minimum absolute atomic E-state index is 0.0977. The van der Waals surface area contributed by atoms with E-state index >= 15 is 0 Å². The van der Waals surface area contributed by atoms with Crippen molar-refractivity contribution >= 4 is 22.4 Å². The van der Waals surface area contributed by atoms with Gasteiger partial charge >= 0.3 is 0 Å². The average molecular weight is 497 g/mol. The van der Waals surface area contributed by atoms with Crippen LogP contribution in [0.4, 0.5) is 11.5 Å². The lowest BCUT2D eigenvalue weighted by Gasteiger charge is -2.51. The monoisotopic (exact) mass is 496 g/mol. The Balaban J connectivity index is 1.17. The van der Waals surface area contributed by atoms with Crippen molar-refractivity contribution in [3.63, 3.8) is 0 Å². The van der Waals surface area contributed by atoms with Crippen LogP contribution in [-0.2, 0) is 6.54 Å². The molecule has 0 bridgehead atoms. The van der Waals surface area contributed by atoms with Gasteiger partial charge in [-0.05, 0) is 56.7 Å². The molecule has 1 aromatic carbocycles. The number of hydrogen-bond acceptors (Lipinski definition) is 8. The van der Waals surface area contributed by atoms with E-state index in [1.165, 1.54) is 11.3 Å². The van der Waals surface area contributed by atoms with Gasteiger partial charge in [0, 0.05) is 92.9 Å². The third-order valence-corrected chi connectivity index (χ3v) is 8.30. The third kappa shape index (κ3) is 4.52. The van der Waals surface area contributed by atoms with Crippen molar-refractivity contribution in [3.8, 4) is 6.07 Å². The molecule has 3 fully saturated rings. The molecular formula is C29H36N8. The molecule has 0 unspecified atom stereocenters. The summed E-state index contributed by atoms with van der Waals surface area (Å²) in [6.07, 6.45) is 1.77. The average Bonchev–Trinajstić information content (AvgIpc) is 2.87. The fraction of sp³-hybridized carbons (Fsp3) is 0.483. The number of piperazine rings is 2. The van der Waals surface area contributed by atoms with E-state index in [9.17, 15) is 5.26 Å². The van der Waals surface area contributed by atoms with Gasteiger partial charge in [-0.25, -0.2) is 4.98 Å². The number of nitrogens with zero attached hydrogens (tertiary/aromatic N) is 7. The number of nitriles is 1. The summed E-state index contributed by atoms with van der Waals surface area (Å²) in [6.45, 7) is 14.4. The Morgan fingerprint density at radius 3 is 2.68 bits per heavy atom. The molecule has 2 aromatic heterocycles. The number of nitrogens with two attached hydrogens (primary N) is 1. The summed E-state index contributed by atoms with van der Waals surface area (Å²) in [5.41, 5.74) is 11.1. The maximum absolute atomic E-state index is 9.55. The molecule has 5 heterocycles. The Kier molecular flexibility index (Phi) is 6.03. The summed E-state index contributed by atoms with van der Waals surface area (Å²) in [5, 5.41) is 10.6. The molecule has 37 heavy (non-hydrogen) atoms. The molecule has 8 heteroatoms. The predicted molar refractivity (Wildman–Crippen MR) is 148 cm³/mol. The maximum atomic E-state index is 9.55. The number of fused-ring (bicyclic) bond motifs is 2. The topological polar surface area (TPSA) is 88.6 Å². The van der Waals surface area contributed by atoms with Crippen molar-refractivity contribution in [1.82, 2.24) is 19.8 Å². The van der Waals surface area contributed by atoms with Gasteiger partial charge in [0.1, 0.15) is 11.9 Å². The Bertz CT molecular complexity index is 1350. The van der Waals surface area contributed by atoms with Crippen LogP contribution in [0.5, 0.6) is 0 Å². The lowest BCUT2D eigenvalue weighted by Crippen LogP contribution is -2.65. The van der Waals surface area contributed by atoms with E-state index in [2.05, 4.69) is 75.7 Å². The SMILES string of the molecule is Cc1nc(N2CC(C)(N)C2)ccc1CN1CCN2[C@@H](C1)CN(c1ccc(C#N)c3ncccc13)C[C@H]2C. The van der Waals surface area contributed by atoms with Gasteiger partial charge in [-0.15, -0.1) is 0 Å². The number of pyridine rings is 2. The maximum Gasteiger partial charge on any atom is 0.128 e. The summed E-state index contributed by atoms with van der Waals surface area (Å²) >= 11 is 0. The lowest BCUT2D eigenvalue weighted by molar-refractivity contribution is 0.0316. The second kappa shape index (κ2) is 9.25. The number of aryl methyl sites for hydroxylation is 1. The van der Waals surface area contributed by atoms with Crippen molar-refractivity contribution in [2.24, 2.45) is 5.73 Å². The summed E-state index contributed by atoms with van der Waals surface area (Å²) < 4.78 is 0. The largest absolute Gasteiger partial charge is 0.368 e. The van der Waals surface area contributed by atoms with Gasteiger partial charge in [0.15, 0.2) is 0 Å². The molecule has 3 aromatic rings. The number of benzene rings is 1. The second-order valence-corrected chi connectivity index (χ2v) is 11.4. The summed E-state index contributed by atoms with van der Waals surface area (Å²) in [7, 11) is 0. The smallest absolute Gasteiger partial charge is 0.128 e. The van der Waals surface area contributed by atoms with Crippen molar-refractivity contribution in [1.29, 1.82) is 5.26 Å². The Labute approximate surface area is 219 Å². The molecule has 0 radical (unpaired) electrons. The van der Waals surface area contributed by atoms with Crippen LogP contribution in [0.15, 0.2) is 42.6 Å². The van der Waals surface area contributed by atoms with E-state index in [4.69, 9.17) is 10.7 Å². The molecule has 3 saturated heterocycles. The number of hydrogen-bond donors (Lipinski definition) is 1. The number of aromatic nitrogens is 2. The summed E-state index contributed by atoms with van der Waals surface area (Å²) in [5.74, 6) is 1.04. The molecule has 2 atom stereocenters. The molecule has 8 nitrogen and oxygen atoms in total. The summed E-state index contributed by atoms with van der Waals surface area (Å²) in [6, 6.07) is 15.7. The van der Waals surface area contributed by atoms with E-state index in [1.54, 1.807) is 6.20 Å². The zero-order chi connectivity index (χ0) is 25.7. The first-order valence-electron chi connectivity index (χ1n) is 13.3. The van der Waals surface area contributed by atoms with E-state index in [0.29, 0.717) is 17.6 Å². The molecule has 0 spiro atoms. The number of anilines is 2. The van der Waals surface area contributed by atoms with Gasteiger partial charge in [-0.3, -0.25) is 14.8 Å². The molecule has 3 aliphatic heterocycles. The van der Waals surface area contributed by atoms with Crippen LogP contribution < -0.4 is 15.5 Å². The second-order valence-electron chi connectivity index (χ2n) is 11.4. The van der Waals surface area contributed by atoms with Gasteiger partial charge in [0.05, 0.1) is 11.1 Å². The zero-order valence-electron chi connectivity index (χ0n) is 22.1. The van der Waals surface area contributed by atoms with Gasteiger partial charge in [-0.2, -0.15) is 5.26 Å². The van der Waals surface area contributed by atoms with E-state index in [1.807, 2.05) is 12.1 Å². The molecule has 0 amide bonds. The van der Waals surface area contributed by atoms with E-state index in [-0.39, 0.29) is 5.54 Å². The van der Waals surface area contributed by atoms with Crippen molar-refractivity contribution < 1.29 is 0 Å². The first kappa shape index (κ1) is 24.1. The molecule has 2 N–H and O–H groups in total. The van der Waals surface area contributed by atoms with E-state index in [0.717, 1.165) is 74.8 Å². The minimum Gasteiger partial charge on any atom is -0.368 e. The molecule has 192 valence electrons. The fourth-order valence-electron chi connectivity index (χ4n) is 6.44. The van der Waals surface area contributed by atoms with Crippen molar-refractivity contribution in [2.45, 2.75) is 44.9 Å². The van der Waals surface area contributed by atoms with Gasteiger partial charge in [-0.1, -0.05) is 6.07 Å². The molecular weight excluding hydrogens is 460 g/mol. The van der Waals surface area contributed by atoms with E-state index < -0.39 is 0 Å². The van der Waals surface area contributed by atoms with Crippen LogP contribution in [-0.4, -0.2) is 83.2 Å². The highest BCUT2D eigenvalue weighted by Crippen LogP contribution is 2.32. The van der Waals surface area contributed by atoms with Gasteiger partial charge < -0.3 is 15.5 Å². The molecule has 6 rings (SSSR count). The lowest BCUT2D eigenvalue weighted by atomic mass is 9.94. The van der Waals surface area contributed by atoms with Crippen LogP contribution in [0, 0.1) is 18.3 Å². The molecule has 0 aliphatic carbocycles. The van der Waals surface area contributed by atoms with Crippen LogP contribution in [0.2, 0.25) is 0 Å². The normalized spacial score (nSPS) is 24.0. The summed E-state index contributed by atoms with van der Waals surface area (Å²) in [4.78, 5) is 19.5. The highest BCUT2D eigenvalue weighted by molar-refractivity contribution is 5.95. The fourth-order valence-corrected chi connectivity index (χ4v) is 6.44. The highest BCUT2D eigenvalue weighted by atomic mass is 15.4. The van der Waals surface area contributed by atoms with Crippen LogP contribution >= 0.6 is 0 Å². The Hall–Kier alpha value is -3.25. The zero-order valence-corrected chi connectivity index (χ0v) is 22.1. The van der Waals surface area contributed by atoms with Crippen LogP contribution in [0.25, 0.3) is 10.9 Å². The van der Waals surface area contributed by atoms with Crippen molar-refractivity contribution in [3.05, 3.63) is 59.4 Å². The van der Waals surface area contributed by atoms with Gasteiger partial charge in [0.25, 0.3) is 0 Å². The van der Waals surface area contributed by atoms with Crippen LogP contribution in [0.3, 0.4) is 0 Å². The highest BCUT2D eigenvalue weighted by Gasteiger charge is 2.37. The third-order valence-electron chi connectivity index (χ3n) is 8.30. The molecule has 0 saturated carbocycles. The van der Waals surface area contributed by atoms with Gasteiger partial charge in [0.2, 0.25) is 0 Å². The first-order chi connectivity index (χ1) is 17.8. The van der Waals surface area contributed by atoms with Crippen molar-refractivity contribution in [2.75, 3.05) is 55.6 Å². The van der Waals surface area contributed by atoms with Crippen LogP contribution in [0.1, 0.15) is 30.7 Å². The Morgan fingerprint density at radius 1 is 1.08 bits per heavy atom. The molecule has 3 aliphatic rings. The Morgan fingerprint density at radius 2 is 1.92 bits per heavy atom.